The second-order valence-electron chi connectivity index (χ2n) is 2.82. The summed E-state index contributed by atoms with van der Waals surface area (Å²) in [5.41, 5.74) is 1.43. The molecule has 1 heterocycles. The number of nitrogens with zero attached hydrogens (tertiary/aromatic N) is 1. The Morgan fingerprint density at radius 3 is 2.93 bits per heavy atom. The van der Waals surface area contributed by atoms with E-state index in [0.717, 1.165) is 5.56 Å². The summed E-state index contributed by atoms with van der Waals surface area (Å²) >= 11 is 0. The predicted octanol–water partition coefficient (Wildman–Crippen LogP) is 2.48. The Balaban J connectivity index is 2.27. The number of alkyl halides is 2. The number of nitrogens with one attached hydrogen (secondary N) is 1. The summed E-state index contributed by atoms with van der Waals surface area (Å²) in [5, 5.41) is 6.34. The number of ether oxygens (including phenoxy) is 1. The van der Waals surface area contributed by atoms with Crippen molar-refractivity contribution in [3.63, 3.8) is 0 Å². The first-order chi connectivity index (χ1) is 7.25. The summed E-state index contributed by atoms with van der Waals surface area (Å²) < 4.78 is 28.2. The largest absolute Gasteiger partial charge is 0.435 e. The van der Waals surface area contributed by atoms with Crippen LogP contribution in [0.2, 0.25) is 0 Å². The third-order valence-electron chi connectivity index (χ3n) is 1.82. The maximum absolute atomic E-state index is 11.9. The number of rotatable bonds is 3. The van der Waals surface area contributed by atoms with Crippen LogP contribution in [0, 0.1) is 6.20 Å². The Bertz CT molecular complexity index is 429. The van der Waals surface area contributed by atoms with Crippen molar-refractivity contribution < 1.29 is 13.5 Å². The fourth-order valence-electron chi connectivity index (χ4n) is 1.21. The van der Waals surface area contributed by atoms with Gasteiger partial charge in [0, 0.05) is 5.56 Å². The Hall–Kier alpha value is -1.91. The molecule has 1 aromatic carbocycles. The maximum Gasteiger partial charge on any atom is 0.387 e. The van der Waals surface area contributed by atoms with Gasteiger partial charge in [-0.2, -0.15) is 13.9 Å². The summed E-state index contributed by atoms with van der Waals surface area (Å²) in [6.07, 6.45) is 2.59. The van der Waals surface area contributed by atoms with E-state index in [4.69, 9.17) is 0 Å². The van der Waals surface area contributed by atoms with Crippen molar-refractivity contribution in [2.45, 2.75) is 6.61 Å². The lowest BCUT2D eigenvalue weighted by Crippen LogP contribution is -2.01. The molecule has 0 atom stereocenters. The van der Waals surface area contributed by atoms with Crippen molar-refractivity contribution in [1.29, 1.82) is 0 Å². The molecule has 1 radical (unpaired) electrons. The molecule has 0 aliphatic heterocycles. The molecule has 0 aliphatic rings. The van der Waals surface area contributed by atoms with Crippen molar-refractivity contribution in [2.75, 3.05) is 0 Å². The van der Waals surface area contributed by atoms with E-state index in [-0.39, 0.29) is 5.75 Å². The zero-order chi connectivity index (χ0) is 10.7. The molecule has 0 unspecified atom stereocenters. The number of benzene rings is 1. The molecule has 0 amide bonds. The van der Waals surface area contributed by atoms with Crippen LogP contribution < -0.4 is 4.74 Å². The summed E-state index contributed by atoms with van der Waals surface area (Å²) in [7, 11) is 0. The molecule has 3 nitrogen and oxygen atoms in total. The van der Waals surface area contributed by atoms with Gasteiger partial charge in [0.15, 0.2) is 0 Å². The molecule has 0 bridgehead atoms. The fraction of sp³-hybridized carbons (Fsp3) is 0.100. The first-order valence-corrected chi connectivity index (χ1v) is 4.22. The van der Waals surface area contributed by atoms with Crippen LogP contribution in [0.15, 0.2) is 30.3 Å². The van der Waals surface area contributed by atoms with Gasteiger partial charge in [0.25, 0.3) is 0 Å². The number of hydrogen-bond donors (Lipinski definition) is 1. The minimum absolute atomic E-state index is 0.122. The Morgan fingerprint density at radius 2 is 2.27 bits per heavy atom. The van der Waals surface area contributed by atoms with Crippen molar-refractivity contribution in [3.8, 4) is 17.0 Å². The highest BCUT2D eigenvalue weighted by molar-refractivity contribution is 5.60. The van der Waals surface area contributed by atoms with E-state index < -0.39 is 6.61 Å². The molecule has 2 aromatic rings. The van der Waals surface area contributed by atoms with E-state index >= 15 is 0 Å². The normalized spacial score (nSPS) is 10.6. The van der Waals surface area contributed by atoms with Crippen LogP contribution in [-0.4, -0.2) is 16.8 Å². The Kier molecular flexibility index (Phi) is 2.62. The molecule has 77 valence electrons. The average Bonchev–Trinajstić information content (AvgIpc) is 2.69. The third kappa shape index (κ3) is 2.31. The van der Waals surface area contributed by atoms with Crippen LogP contribution in [0.3, 0.4) is 0 Å². The smallest absolute Gasteiger partial charge is 0.387 e. The lowest BCUT2D eigenvalue weighted by Gasteiger charge is -2.05. The molecule has 0 spiro atoms. The molecular formula is C10H7F2N2O. The van der Waals surface area contributed by atoms with Crippen molar-refractivity contribution in [3.05, 3.63) is 36.5 Å². The number of hydrogen-bond acceptors (Lipinski definition) is 2. The van der Waals surface area contributed by atoms with Gasteiger partial charge in [-0.15, -0.1) is 0 Å². The van der Waals surface area contributed by atoms with Crippen molar-refractivity contribution >= 4 is 0 Å². The molecule has 1 aromatic heterocycles. The average molecular weight is 209 g/mol. The van der Waals surface area contributed by atoms with Gasteiger partial charge in [-0.3, -0.25) is 5.10 Å². The quantitative estimate of drug-likeness (QED) is 0.843. The minimum atomic E-state index is -2.81. The zero-order valence-corrected chi connectivity index (χ0v) is 7.58. The standard InChI is InChI=1S/C10H7F2N2O/c11-10(12)15-8-3-1-2-7(6-8)9-4-5-13-14-9/h1-4,6,10H,(H,13,14). The molecular weight excluding hydrogens is 202 g/mol. The number of halogens is 2. The minimum Gasteiger partial charge on any atom is -0.435 e. The number of aromatic amines is 1. The molecule has 1 N–H and O–H groups in total. The lowest BCUT2D eigenvalue weighted by atomic mass is 10.1. The van der Waals surface area contributed by atoms with Gasteiger partial charge in [-0.05, 0) is 18.2 Å². The van der Waals surface area contributed by atoms with Crippen LogP contribution in [0.4, 0.5) is 8.78 Å². The van der Waals surface area contributed by atoms with Gasteiger partial charge in [0.05, 0.1) is 5.69 Å². The van der Waals surface area contributed by atoms with Gasteiger partial charge < -0.3 is 4.74 Å². The number of aromatic nitrogens is 2. The molecule has 2 rings (SSSR count). The monoisotopic (exact) mass is 209 g/mol. The Morgan fingerprint density at radius 1 is 1.40 bits per heavy atom. The van der Waals surface area contributed by atoms with E-state index in [9.17, 15) is 8.78 Å². The van der Waals surface area contributed by atoms with Gasteiger partial charge in [0.2, 0.25) is 0 Å². The maximum atomic E-state index is 11.9. The van der Waals surface area contributed by atoms with Gasteiger partial charge in [0.1, 0.15) is 11.9 Å². The number of H-pyrrole nitrogens is 1. The van der Waals surface area contributed by atoms with Crippen LogP contribution in [0.5, 0.6) is 5.75 Å². The summed E-state index contributed by atoms with van der Waals surface area (Å²) in [5.74, 6) is 0.122. The summed E-state index contributed by atoms with van der Waals surface area (Å²) in [6.45, 7) is -2.81. The highest BCUT2D eigenvalue weighted by Crippen LogP contribution is 2.22. The summed E-state index contributed by atoms with van der Waals surface area (Å²) in [6, 6.07) is 8.00. The Labute approximate surface area is 84.7 Å². The van der Waals surface area contributed by atoms with E-state index in [0.29, 0.717) is 5.69 Å². The van der Waals surface area contributed by atoms with E-state index in [1.807, 2.05) is 0 Å². The SMILES string of the molecule is FC(F)Oc1cccc(-c2c[c]n[nH]2)c1. The van der Waals surface area contributed by atoms with Crippen LogP contribution in [0.1, 0.15) is 0 Å². The second-order valence-corrected chi connectivity index (χ2v) is 2.82. The van der Waals surface area contributed by atoms with E-state index in [2.05, 4.69) is 21.1 Å². The first kappa shape index (κ1) is 9.64. The molecule has 0 saturated carbocycles. The fourth-order valence-corrected chi connectivity index (χ4v) is 1.21. The third-order valence-corrected chi connectivity index (χ3v) is 1.82. The van der Waals surface area contributed by atoms with Crippen molar-refractivity contribution in [2.24, 2.45) is 0 Å². The zero-order valence-electron chi connectivity index (χ0n) is 7.58. The topological polar surface area (TPSA) is 37.9 Å². The van der Waals surface area contributed by atoms with E-state index in [1.54, 1.807) is 18.2 Å². The second kappa shape index (κ2) is 4.08. The van der Waals surface area contributed by atoms with Gasteiger partial charge >= 0.3 is 6.61 Å². The molecule has 5 heteroatoms. The van der Waals surface area contributed by atoms with Crippen molar-refractivity contribution in [1.82, 2.24) is 10.2 Å². The highest BCUT2D eigenvalue weighted by Gasteiger charge is 2.05. The molecule has 0 fully saturated rings. The molecule has 0 saturated heterocycles. The first-order valence-electron chi connectivity index (χ1n) is 4.22. The van der Waals surface area contributed by atoms with Gasteiger partial charge in [-0.1, -0.05) is 12.1 Å². The van der Waals surface area contributed by atoms with Crippen LogP contribution >= 0.6 is 0 Å². The summed E-state index contributed by atoms with van der Waals surface area (Å²) in [4.78, 5) is 0. The van der Waals surface area contributed by atoms with Crippen LogP contribution in [0.25, 0.3) is 11.3 Å². The lowest BCUT2D eigenvalue weighted by molar-refractivity contribution is -0.0498. The van der Waals surface area contributed by atoms with Crippen LogP contribution in [-0.2, 0) is 0 Å². The molecule has 15 heavy (non-hydrogen) atoms. The van der Waals surface area contributed by atoms with E-state index in [1.165, 1.54) is 12.1 Å². The molecule has 0 aliphatic carbocycles. The predicted molar refractivity (Wildman–Crippen MR) is 49.5 cm³/mol. The van der Waals surface area contributed by atoms with Gasteiger partial charge in [-0.25, -0.2) is 0 Å². The highest BCUT2D eigenvalue weighted by atomic mass is 19.3.